The van der Waals surface area contributed by atoms with Crippen molar-refractivity contribution in [2.75, 3.05) is 25.6 Å². The molecular weight excluding hydrogens is 672 g/mol. The fourth-order valence-electron chi connectivity index (χ4n) is 8.70. The Morgan fingerprint density at radius 1 is 0.943 bits per heavy atom. The average molecular weight is 721 g/mol. The van der Waals surface area contributed by atoms with Gasteiger partial charge in [0.15, 0.2) is 23.0 Å². The number of hydrogen-bond acceptors (Lipinski definition) is 10. The normalized spacial score (nSPS) is 17.5. The zero-order valence-corrected chi connectivity index (χ0v) is 30.0. The lowest BCUT2D eigenvalue weighted by Gasteiger charge is -2.42. The summed E-state index contributed by atoms with van der Waals surface area (Å²) in [7, 11) is 1.41. The molecule has 1 fully saturated rings. The highest BCUT2D eigenvalue weighted by molar-refractivity contribution is 5.87. The van der Waals surface area contributed by atoms with Crippen LogP contribution < -0.4 is 20.1 Å². The molecule has 10 nitrogen and oxygen atoms in total. The van der Waals surface area contributed by atoms with Gasteiger partial charge in [-0.1, -0.05) is 37.1 Å². The molecule has 2 atom stereocenters. The van der Waals surface area contributed by atoms with Crippen molar-refractivity contribution in [3.8, 4) is 34.5 Å². The summed E-state index contributed by atoms with van der Waals surface area (Å²) >= 11 is 0. The Hall–Kier alpha value is -5.35. The van der Waals surface area contributed by atoms with Gasteiger partial charge in [0.25, 0.3) is 0 Å². The Morgan fingerprint density at radius 2 is 1.74 bits per heavy atom. The van der Waals surface area contributed by atoms with Crippen molar-refractivity contribution in [3.05, 3.63) is 101 Å². The van der Waals surface area contributed by atoms with Gasteiger partial charge in [-0.25, -0.2) is 0 Å². The van der Waals surface area contributed by atoms with Crippen LogP contribution in [0.4, 0.5) is 5.69 Å². The summed E-state index contributed by atoms with van der Waals surface area (Å²) in [5.74, 6) is 0.378. The number of aromatic hydroxyl groups is 4. The zero-order valence-electron chi connectivity index (χ0n) is 30.0. The largest absolute Gasteiger partial charge is 0.508 e. The second-order valence-electron chi connectivity index (χ2n) is 14.6. The minimum absolute atomic E-state index is 0.0536. The molecule has 2 aliphatic heterocycles. The van der Waals surface area contributed by atoms with E-state index in [1.165, 1.54) is 13.2 Å². The van der Waals surface area contributed by atoms with Crippen LogP contribution in [0.1, 0.15) is 61.6 Å². The predicted molar refractivity (Wildman–Crippen MR) is 204 cm³/mol. The molecule has 0 aromatic heterocycles. The van der Waals surface area contributed by atoms with Crippen LogP contribution in [0.25, 0.3) is 10.8 Å². The van der Waals surface area contributed by atoms with E-state index in [4.69, 9.17) is 9.47 Å². The summed E-state index contributed by atoms with van der Waals surface area (Å²) in [4.78, 5) is 14.7. The van der Waals surface area contributed by atoms with E-state index in [1.54, 1.807) is 24.3 Å². The number of rotatable bonds is 13. The van der Waals surface area contributed by atoms with Crippen LogP contribution in [0.5, 0.6) is 34.5 Å². The number of methoxy groups -OCH3 is 1. The Kier molecular flexibility index (Phi) is 10.4. The first-order valence-electron chi connectivity index (χ1n) is 18.6. The maximum atomic E-state index is 14.7. The number of nitrogens with one attached hydrogen (secondary N) is 2. The van der Waals surface area contributed by atoms with Crippen LogP contribution in [0.15, 0.2) is 84.2 Å². The third kappa shape index (κ3) is 7.46. The second-order valence-corrected chi connectivity index (χ2v) is 14.6. The molecule has 1 aliphatic carbocycles. The van der Waals surface area contributed by atoms with Gasteiger partial charge in [-0.2, -0.15) is 0 Å². The minimum atomic E-state index is -0.949. The number of Topliss-reactive ketones (excluding diaryl/α,β-unsaturated/α-hetero) is 1. The zero-order chi connectivity index (χ0) is 37.1. The summed E-state index contributed by atoms with van der Waals surface area (Å²) in [6.07, 6.45) is 9.60. The van der Waals surface area contributed by atoms with E-state index in [1.807, 2.05) is 30.3 Å². The number of phenols is 4. The highest BCUT2D eigenvalue weighted by atomic mass is 16.5. The smallest absolute Gasteiger partial charge is 0.200 e. The third-order valence-electron chi connectivity index (χ3n) is 11.3. The molecule has 4 aromatic rings. The summed E-state index contributed by atoms with van der Waals surface area (Å²) < 4.78 is 11.0. The van der Waals surface area contributed by atoms with Gasteiger partial charge in [-0.3, -0.25) is 4.79 Å². The van der Waals surface area contributed by atoms with E-state index in [-0.39, 0.29) is 41.0 Å². The van der Waals surface area contributed by atoms with Crippen molar-refractivity contribution in [2.45, 2.75) is 70.3 Å². The summed E-state index contributed by atoms with van der Waals surface area (Å²) in [5, 5.41) is 61.9. The number of benzene rings is 4. The molecule has 0 spiro atoms. The first-order chi connectivity index (χ1) is 25.6. The number of carbonyl (C=O) groups is 1. The van der Waals surface area contributed by atoms with Crippen molar-refractivity contribution in [3.63, 3.8) is 0 Å². The fourth-order valence-corrected chi connectivity index (χ4v) is 8.70. The number of ether oxygens (including phenoxy) is 2. The maximum Gasteiger partial charge on any atom is 0.200 e. The van der Waals surface area contributed by atoms with E-state index in [0.717, 1.165) is 77.5 Å². The van der Waals surface area contributed by atoms with E-state index in [0.29, 0.717) is 43.7 Å². The highest BCUT2D eigenvalue weighted by Gasteiger charge is 2.49. The Morgan fingerprint density at radius 3 is 2.55 bits per heavy atom. The van der Waals surface area contributed by atoms with Gasteiger partial charge in [0.05, 0.1) is 25.7 Å². The Labute approximate surface area is 309 Å². The number of phenolic OH excluding ortho intramolecular Hbond substituents is 4. The molecule has 3 aliphatic rings. The number of dihydropyridines is 1. The molecule has 53 heavy (non-hydrogen) atoms. The van der Waals surface area contributed by atoms with Crippen LogP contribution in [0.2, 0.25) is 0 Å². The maximum absolute atomic E-state index is 14.7. The van der Waals surface area contributed by atoms with Crippen LogP contribution in [0.3, 0.4) is 0 Å². The summed E-state index contributed by atoms with van der Waals surface area (Å²) in [5.41, 5.74) is 3.93. The molecule has 0 saturated heterocycles. The molecule has 7 rings (SSSR count). The third-order valence-corrected chi connectivity index (χ3v) is 11.3. The van der Waals surface area contributed by atoms with Crippen molar-refractivity contribution in [1.29, 1.82) is 0 Å². The molecular formula is C43H48N2O8. The van der Waals surface area contributed by atoms with Gasteiger partial charge < -0.3 is 45.6 Å². The standard InChI is InChI=1S/C43H48N2O8/c1-52-38-22-26(21-37(50)41(38)51)6-13-34(47)40(35(48)14-9-27-10-15-36(49)42-33(27)5-4-20-53-42)43(17-2-3-18-43)30-16-19-44-39(25-30)45-31-11-7-29-24-32(46)12-8-28(29)23-31/h7-8,10-12,15-16,21-25,35,40,44-46,48-51H,2-6,9,13-14,17-20H2,1H3/t35-,40-/m1/s1. The lowest BCUT2D eigenvalue weighted by atomic mass is 9.63. The predicted octanol–water partition coefficient (Wildman–Crippen LogP) is 7.15. The topological polar surface area (TPSA) is 161 Å². The molecule has 0 radical (unpaired) electrons. The Bertz CT molecular complexity index is 2070. The first kappa shape index (κ1) is 36.0. The van der Waals surface area contributed by atoms with Gasteiger partial charge in [-0.15, -0.1) is 0 Å². The van der Waals surface area contributed by atoms with Gasteiger partial charge in [0, 0.05) is 29.6 Å². The lowest BCUT2D eigenvalue weighted by Crippen LogP contribution is -2.44. The van der Waals surface area contributed by atoms with Gasteiger partial charge >= 0.3 is 0 Å². The van der Waals surface area contributed by atoms with Crippen LogP contribution in [0, 0.1) is 11.3 Å². The summed E-state index contributed by atoms with van der Waals surface area (Å²) in [6, 6.07) is 17.9. The number of ketones is 1. The van der Waals surface area contributed by atoms with E-state index in [2.05, 4.69) is 22.8 Å². The van der Waals surface area contributed by atoms with Crippen molar-refractivity contribution < 1.29 is 39.8 Å². The molecule has 2 heterocycles. The molecule has 4 aromatic carbocycles. The quantitative estimate of drug-likeness (QED) is 0.0707. The Balaban J connectivity index is 1.19. The molecule has 7 N–H and O–H groups in total. The number of allylic oxidation sites excluding steroid dienone is 2. The van der Waals surface area contributed by atoms with Gasteiger partial charge in [0.2, 0.25) is 5.75 Å². The van der Waals surface area contributed by atoms with Gasteiger partial charge in [-0.05, 0) is 121 Å². The second kappa shape index (κ2) is 15.3. The monoisotopic (exact) mass is 720 g/mol. The number of aliphatic hydroxyl groups is 1. The lowest BCUT2D eigenvalue weighted by molar-refractivity contribution is -0.131. The number of aliphatic hydroxyl groups excluding tert-OH is 1. The first-order valence-corrected chi connectivity index (χ1v) is 18.6. The van der Waals surface area contributed by atoms with Gasteiger partial charge in [0.1, 0.15) is 17.4 Å². The number of aryl methyl sites for hydroxylation is 2. The average Bonchev–Trinajstić information content (AvgIpc) is 3.66. The van der Waals surface area contributed by atoms with Crippen LogP contribution in [-0.2, 0) is 24.1 Å². The van der Waals surface area contributed by atoms with Crippen LogP contribution in [-0.4, -0.2) is 57.7 Å². The SMILES string of the molecule is COc1cc(CCC(=O)[C@H]([C@H](O)CCc2ccc(O)c3c2CCCO3)C2(C3=CCNC(Nc4ccc5cc(O)ccc5c4)=C3)CCCC2)cc(O)c1O. The minimum Gasteiger partial charge on any atom is -0.508 e. The number of fused-ring (bicyclic) bond motifs is 2. The summed E-state index contributed by atoms with van der Waals surface area (Å²) in [6.45, 7) is 1.11. The van der Waals surface area contributed by atoms with E-state index < -0.39 is 17.4 Å². The molecule has 0 unspecified atom stereocenters. The van der Waals surface area contributed by atoms with Crippen molar-refractivity contribution in [2.24, 2.45) is 11.3 Å². The van der Waals surface area contributed by atoms with E-state index >= 15 is 0 Å². The molecule has 1 saturated carbocycles. The van der Waals surface area contributed by atoms with Crippen LogP contribution >= 0.6 is 0 Å². The number of carbonyl (C=O) groups excluding carboxylic acids is 1. The van der Waals surface area contributed by atoms with E-state index in [9.17, 15) is 30.3 Å². The van der Waals surface area contributed by atoms with Crippen molar-refractivity contribution >= 4 is 22.2 Å². The molecule has 278 valence electrons. The van der Waals surface area contributed by atoms with Crippen molar-refractivity contribution in [1.82, 2.24) is 5.32 Å². The molecule has 10 heteroatoms. The number of anilines is 1. The number of hydrogen-bond donors (Lipinski definition) is 7. The fraction of sp³-hybridized carbons (Fsp3) is 0.372. The molecule has 0 amide bonds. The molecule has 0 bridgehead atoms. The highest BCUT2D eigenvalue weighted by Crippen LogP contribution is 2.53.